The summed E-state index contributed by atoms with van der Waals surface area (Å²) < 4.78 is 10.8. The highest BCUT2D eigenvalue weighted by Gasteiger charge is 2.07. The van der Waals surface area contributed by atoms with Crippen molar-refractivity contribution in [3.8, 4) is 11.5 Å². The first-order valence-electron chi connectivity index (χ1n) is 3.66. The third-order valence-corrected chi connectivity index (χ3v) is 2.46. The first kappa shape index (κ1) is 10.3. The number of hydrogen-bond acceptors (Lipinski definition) is 3. The van der Waals surface area contributed by atoms with E-state index in [9.17, 15) is 4.79 Å². The maximum atomic E-state index is 10.7. The van der Waals surface area contributed by atoms with E-state index < -0.39 is 0 Å². The summed E-state index contributed by atoms with van der Waals surface area (Å²) in [6, 6.07) is 5.32. The first-order chi connectivity index (χ1) is 6.15. The third kappa shape index (κ3) is 2.58. The summed E-state index contributed by atoms with van der Waals surface area (Å²) in [4.78, 5) is 10.7. The summed E-state index contributed by atoms with van der Waals surface area (Å²) in [6.45, 7) is 1.37. The number of hydrogen-bond donors (Lipinski definition) is 0. The predicted octanol–water partition coefficient (Wildman–Crippen LogP) is 2.23. The molecular formula is C9H9IO3. The number of halogens is 1. The fourth-order valence-electron chi connectivity index (χ4n) is 0.882. The van der Waals surface area contributed by atoms with Crippen LogP contribution in [0.25, 0.3) is 0 Å². The second kappa shape index (κ2) is 4.45. The summed E-state index contributed by atoms with van der Waals surface area (Å²) in [7, 11) is 1.58. The van der Waals surface area contributed by atoms with Crippen molar-refractivity contribution in [2.45, 2.75) is 6.92 Å². The van der Waals surface area contributed by atoms with Crippen molar-refractivity contribution in [2.24, 2.45) is 0 Å². The van der Waals surface area contributed by atoms with E-state index in [-0.39, 0.29) is 5.97 Å². The topological polar surface area (TPSA) is 35.5 Å². The van der Waals surface area contributed by atoms with Crippen LogP contribution in [0.2, 0.25) is 0 Å². The van der Waals surface area contributed by atoms with Crippen molar-refractivity contribution < 1.29 is 14.3 Å². The molecule has 0 unspecified atom stereocenters. The third-order valence-electron chi connectivity index (χ3n) is 1.40. The molecule has 0 saturated heterocycles. The number of methoxy groups -OCH3 is 1. The van der Waals surface area contributed by atoms with Crippen molar-refractivity contribution >= 4 is 28.6 Å². The second-order valence-corrected chi connectivity index (χ2v) is 3.44. The van der Waals surface area contributed by atoms with E-state index in [4.69, 9.17) is 9.47 Å². The minimum atomic E-state index is -0.328. The van der Waals surface area contributed by atoms with Gasteiger partial charge in [0.05, 0.1) is 10.7 Å². The Balaban J connectivity index is 3.01. The fraction of sp³-hybridized carbons (Fsp3) is 0.222. The summed E-state index contributed by atoms with van der Waals surface area (Å²) in [5.74, 6) is 0.915. The monoisotopic (exact) mass is 292 g/mol. The van der Waals surface area contributed by atoms with E-state index in [1.165, 1.54) is 6.92 Å². The van der Waals surface area contributed by atoms with Crippen LogP contribution in [0.4, 0.5) is 0 Å². The van der Waals surface area contributed by atoms with E-state index in [1.807, 2.05) is 6.07 Å². The molecule has 0 fully saturated rings. The van der Waals surface area contributed by atoms with Crippen LogP contribution in [0.1, 0.15) is 6.92 Å². The van der Waals surface area contributed by atoms with Crippen LogP contribution in [0, 0.1) is 3.57 Å². The van der Waals surface area contributed by atoms with Crippen LogP contribution in [0.5, 0.6) is 11.5 Å². The summed E-state index contributed by atoms with van der Waals surface area (Å²) in [5.41, 5.74) is 0. The SMILES string of the molecule is COc1cccc(OC(C)=O)c1I. The molecule has 0 radical (unpaired) electrons. The van der Waals surface area contributed by atoms with Crippen molar-refractivity contribution in [2.75, 3.05) is 7.11 Å². The molecule has 4 heteroatoms. The average Bonchev–Trinajstić information content (AvgIpc) is 2.08. The zero-order valence-corrected chi connectivity index (χ0v) is 9.49. The van der Waals surface area contributed by atoms with Crippen LogP contribution >= 0.6 is 22.6 Å². The molecular weight excluding hydrogens is 283 g/mol. The molecule has 0 aromatic heterocycles. The number of esters is 1. The van der Waals surface area contributed by atoms with Crippen molar-refractivity contribution in [1.29, 1.82) is 0 Å². The van der Waals surface area contributed by atoms with E-state index in [0.717, 1.165) is 3.57 Å². The Bertz CT molecular complexity index is 323. The highest BCUT2D eigenvalue weighted by atomic mass is 127. The number of benzene rings is 1. The van der Waals surface area contributed by atoms with Gasteiger partial charge >= 0.3 is 5.97 Å². The Morgan fingerprint density at radius 1 is 1.38 bits per heavy atom. The Kier molecular flexibility index (Phi) is 3.53. The molecule has 0 heterocycles. The molecule has 1 rings (SSSR count). The van der Waals surface area contributed by atoms with Crippen LogP contribution in [-0.4, -0.2) is 13.1 Å². The van der Waals surface area contributed by atoms with Crippen LogP contribution < -0.4 is 9.47 Å². The smallest absolute Gasteiger partial charge is 0.308 e. The number of carbonyl (C=O) groups is 1. The quantitative estimate of drug-likeness (QED) is 0.476. The Morgan fingerprint density at radius 3 is 2.54 bits per heavy atom. The van der Waals surface area contributed by atoms with Gasteiger partial charge in [-0.25, -0.2) is 0 Å². The minimum Gasteiger partial charge on any atom is -0.496 e. The molecule has 13 heavy (non-hydrogen) atoms. The Morgan fingerprint density at radius 2 is 2.00 bits per heavy atom. The lowest BCUT2D eigenvalue weighted by Crippen LogP contribution is -2.03. The average molecular weight is 292 g/mol. The van der Waals surface area contributed by atoms with Crippen molar-refractivity contribution in [1.82, 2.24) is 0 Å². The normalized spacial score (nSPS) is 9.46. The fourth-order valence-corrected chi connectivity index (χ4v) is 1.57. The van der Waals surface area contributed by atoms with E-state index in [0.29, 0.717) is 11.5 Å². The maximum absolute atomic E-state index is 10.7. The predicted molar refractivity (Wildman–Crippen MR) is 57.0 cm³/mol. The molecule has 3 nitrogen and oxygen atoms in total. The maximum Gasteiger partial charge on any atom is 0.308 e. The summed E-state index contributed by atoms with van der Waals surface area (Å²) in [5, 5.41) is 0. The van der Waals surface area contributed by atoms with Gasteiger partial charge in [-0.3, -0.25) is 4.79 Å². The van der Waals surface area contributed by atoms with Gasteiger partial charge in [0.15, 0.2) is 0 Å². The Labute approximate surface area is 90.2 Å². The van der Waals surface area contributed by atoms with E-state index in [1.54, 1.807) is 19.2 Å². The summed E-state index contributed by atoms with van der Waals surface area (Å²) in [6.07, 6.45) is 0. The van der Waals surface area contributed by atoms with Gasteiger partial charge in [-0.2, -0.15) is 0 Å². The largest absolute Gasteiger partial charge is 0.496 e. The van der Waals surface area contributed by atoms with Gasteiger partial charge in [0.25, 0.3) is 0 Å². The zero-order valence-electron chi connectivity index (χ0n) is 7.33. The number of carbonyl (C=O) groups excluding carboxylic acids is 1. The van der Waals surface area contributed by atoms with E-state index >= 15 is 0 Å². The van der Waals surface area contributed by atoms with Gasteiger partial charge in [0, 0.05) is 6.92 Å². The van der Waals surface area contributed by atoms with Gasteiger partial charge in [-0.05, 0) is 34.7 Å². The highest BCUT2D eigenvalue weighted by molar-refractivity contribution is 14.1. The Hall–Kier alpha value is -0.780. The molecule has 0 aliphatic carbocycles. The van der Waals surface area contributed by atoms with Crippen LogP contribution in [0.3, 0.4) is 0 Å². The van der Waals surface area contributed by atoms with Crippen molar-refractivity contribution in [3.63, 3.8) is 0 Å². The molecule has 0 bridgehead atoms. The minimum absolute atomic E-state index is 0.328. The lowest BCUT2D eigenvalue weighted by Gasteiger charge is -2.07. The van der Waals surface area contributed by atoms with Crippen LogP contribution in [-0.2, 0) is 4.79 Å². The molecule has 1 aromatic carbocycles. The first-order valence-corrected chi connectivity index (χ1v) is 4.74. The number of rotatable bonds is 2. The molecule has 0 saturated carbocycles. The molecule has 0 atom stereocenters. The second-order valence-electron chi connectivity index (χ2n) is 2.37. The molecule has 0 aliphatic rings. The van der Waals surface area contributed by atoms with Crippen molar-refractivity contribution in [3.05, 3.63) is 21.8 Å². The van der Waals surface area contributed by atoms with Gasteiger partial charge in [0.2, 0.25) is 0 Å². The molecule has 0 N–H and O–H groups in total. The highest BCUT2D eigenvalue weighted by Crippen LogP contribution is 2.29. The number of ether oxygens (including phenoxy) is 2. The standard InChI is InChI=1S/C9H9IO3/c1-6(11)13-8-5-3-4-7(12-2)9(8)10/h3-5H,1-2H3. The molecule has 70 valence electrons. The summed E-state index contributed by atoms with van der Waals surface area (Å²) >= 11 is 2.07. The van der Waals surface area contributed by atoms with Crippen LogP contribution in [0.15, 0.2) is 18.2 Å². The lowest BCUT2D eigenvalue weighted by atomic mass is 10.3. The molecule has 0 spiro atoms. The molecule has 1 aromatic rings. The van der Waals surface area contributed by atoms with Gasteiger partial charge in [0.1, 0.15) is 11.5 Å². The molecule has 0 aliphatic heterocycles. The lowest BCUT2D eigenvalue weighted by molar-refractivity contribution is -0.131. The van der Waals surface area contributed by atoms with Gasteiger partial charge in [-0.15, -0.1) is 0 Å². The van der Waals surface area contributed by atoms with Gasteiger partial charge < -0.3 is 9.47 Å². The molecule has 0 amide bonds. The van der Waals surface area contributed by atoms with E-state index in [2.05, 4.69) is 22.6 Å². The zero-order chi connectivity index (χ0) is 9.84. The van der Waals surface area contributed by atoms with Gasteiger partial charge in [-0.1, -0.05) is 6.07 Å².